The molecule has 0 saturated heterocycles. The van der Waals surface area contributed by atoms with Crippen LogP contribution in [0.3, 0.4) is 0 Å². The Balaban J connectivity index is 1.89. The second-order valence-electron chi connectivity index (χ2n) is 6.70. The molecule has 0 heterocycles. The number of hydrogen-bond donors (Lipinski definition) is 0. The van der Waals surface area contributed by atoms with Crippen LogP contribution >= 0.6 is 0 Å². The van der Waals surface area contributed by atoms with Crippen molar-refractivity contribution in [2.24, 2.45) is 23.2 Å². The fourth-order valence-electron chi connectivity index (χ4n) is 4.95. The van der Waals surface area contributed by atoms with Crippen molar-refractivity contribution < 1.29 is 4.79 Å². The fraction of sp³-hybridized carbons (Fsp3) is 0.933. The van der Waals surface area contributed by atoms with Crippen LogP contribution in [0.2, 0.25) is 0 Å². The van der Waals surface area contributed by atoms with Gasteiger partial charge in [0.05, 0.1) is 0 Å². The average molecular weight is 220 g/mol. The number of fused-ring (bicyclic) bond motifs is 3. The van der Waals surface area contributed by atoms with Crippen molar-refractivity contribution in [1.29, 1.82) is 0 Å². The summed E-state index contributed by atoms with van der Waals surface area (Å²) in [5.41, 5.74) is 0.383. The Labute approximate surface area is 99.0 Å². The summed E-state index contributed by atoms with van der Waals surface area (Å²) in [6.45, 7) is 2.40. The Hall–Kier alpha value is -0.330. The molecule has 0 aromatic heterocycles. The normalized spacial score (nSPS) is 48.3. The minimum atomic E-state index is 0.383. The van der Waals surface area contributed by atoms with E-state index in [1.54, 1.807) is 0 Å². The molecule has 0 aromatic rings. The van der Waals surface area contributed by atoms with E-state index in [9.17, 15) is 4.79 Å². The minimum Gasteiger partial charge on any atom is -0.299 e. The second-order valence-corrected chi connectivity index (χ2v) is 6.70. The smallest absolute Gasteiger partial charge is 0.136 e. The van der Waals surface area contributed by atoms with Gasteiger partial charge in [0, 0.05) is 12.3 Å². The molecule has 16 heavy (non-hydrogen) atoms. The van der Waals surface area contributed by atoms with Crippen molar-refractivity contribution in [3.8, 4) is 0 Å². The third-order valence-electron chi connectivity index (χ3n) is 5.75. The SMILES string of the molecule is C[C@@]12CCCC(=O)[C@@H]1[C@H]1CCCC[C@H]1CC2. The van der Waals surface area contributed by atoms with E-state index in [4.69, 9.17) is 0 Å². The largest absolute Gasteiger partial charge is 0.299 e. The minimum absolute atomic E-state index is 0.383. The number of carbonyl (C=O) groups excluding carboxylic acids is 1. The van der Waals surface area contributed by atoms with Crippen molar-refractivity contribution in [2.75, 3.05) is 0 Å². The van der Waals surface area contributed by atoms with Crippen LogP contribution in [-0.2, 0) is 4.79 Å². The molecule has 3 aliphatic carbocycles. The average Bonchev–Trinajstić information content (AvgIpc) is 2.28. The van der Waals surface area contributed by atoms with Crippen LogP contribution in [0.25, 0.3) is 0 Å². The quantitative estimate of drug-likeness (QED) is 0.604. The molecule has 4 atom stereocenters. The van der Waals surface area contributed by atoms with Crippen LogP contribution < -0.4 is 0 Å². The number of hydrogen-bond acceptors (Lipinski definition) is 1. The van der Waals surface area contributed by atoms with Crippen LogP contribution in [0.5, 0.6) is 0 Å². The first-order valence-electron chi connectivity index (χ1n) is 7.23. The van der Waals surface area contributed by atoms with Gasteiger partial charge in [0.25, 0.3) is 0 Å². The maximum atomic E-state index is 12.3. The van der Waals surface area contributed by atoms with Crippen LogP contribution in [-0.4, -0.2) is 5.78 Å². The van der Waals surface area contributed by atoms with Crippen LogP contribution in [0.1, 0.15) is 64.7 Å². The summed E-state index contributed by atoms with van der Waals surface area (Å²) >= 11 is 0. The molecule has 0 amide bonds. The molecule has 1 heteroatoms. The molecule has 3 fully saturated rings. The molecule has 0 radical (unpaired) electrons. The first-order valence-corrected chi connectivity index (χ1v) is 7.23. The third kappa shape index (κ3) is 1.55. The maximum Gasteiger partial charge on any atom is 0.136 e. The van der Waals surface area contributed by atoms with Crippen molar-refractivity contribution in [3.63, 3.8) is 0 Å². The van der Waals surface area contributed by atoms with E-state index in [0.717, 1.165) is 24.7 Å². The van der Waals surface area contributed by atoms with E-state index in [-0.39, 0.29) is 0 Å². The molecule has 90 valence electrons. The molecular weight excluding hydrogens is 196 g/mol. The summed E-state index contributed by atoms with van der Waals surface area (Å²) < 4.78 is 0. The number of Topliss-reactive ketones (excluding diaryl/α,β-unsaturated/α-hetero) is 1. The Kier molecular flexibility index (Phi) is 2.60. The van der Waals surface area contributed by atoms with E-state index < -0.39 is 0 Å². The Morgan fingerprint density at radius 2 is 1.88 bits per heavy atom. The molecule has 0 aliphatic heterocycles. The Morgan fingerprint density at radius 3 is 2.75 bits per heavy atom. The lowest BCUT2D eigenvalue weighted by atomic mass is 9.51. The maximum absolute atomic E-state index is 12.3. The van der Waals surface area contributed by atoms with Crippen molar-refractivity contribution >= 4 is 5.78 Å². The van der Waals surface area contributed by atoms with Gasteiger partial charge in [-0.3, -0.25) is 4.79 Å². The molecule has 0 N–H and O–H groups in total. The number of rotatable bonds is 0. The summed E-state index contributed by atoms with van der Waals surface area (Å²) in [5, 5.41) is 0. The monoisotopic (exact) mass is 220 g/mol. The van der Waals surface area contributed by atoms with Gasteiger partial charge < -0.3 is 0 Å². The van der Waals surface area contributed by atoms with E-state index in [1.807, 2.05) is 0 Å². The summed E-state index contributed by atoms with van der Waals surface area (Å²) in [5.74, 6) is 2.72. The summed E-state index contributed by atoms with van der Waals surface area (Å²) in [4.78, 5) is 12.3. The molecular formula is C15H24O. The van der Waals surface area contributed by atoms with E-state index in [0.29, 0.717) is 17.1 Å². The highest BCUT2D eigenvalue weighted by Crippen LogP contribution is 2.56. The molecule has 3 aliphatic rings. The highest BCUT2D eigenvalue weighted by molar-refractivity contribution is 5.83. The zero-order chi connectivity index (χ0) is 11.2. The Bertz CT molecular complexity index is 296. The third-order valence-corrected chi connectivity index (χ3v) is 5.75. The van der Waals surface area contributed by atoms with Gasteiger partial charge >= 0.3 is 0 Å². The highest BCUT2D eigenvalue weighted by Gasteiger charge is 2.51. The van der Waals surface area contributed by atoms with E-state index >= 15 is 0 Å². The van der Waals surface area contributed by atoms with Gasteiger partial charge in [-0.1, -0.05) is 26.2 Å². The lowest BCUT2D eigenvalue weighted by molar-refractivity contribution is -0.140. The highest BCUT2D eigenvalue weighted by atomic mass is 16.1. The lowest BCUT2D eigenvalue weighted by Gasteiger charge is -2.53. The molecule has 3 saturated carbocycles. The second kappa shape index (κ2) is 3.85. The van der Waals surface area contributed by atoms with Crippen molar-refractivity contribution in [3.05, 3.63) is 0 Å². The molecule has 1 nitrogen and oxygen atoms in total. The molecule has 3 rings (SSSR count). The lowest BCUT2D eigenvalue weighted by Crippen LogP contribution is -2.48. The number of ketones is 1. The topological polar surface area (TPSA) is 17.1 Å². The van der Waals surface area contributed by atoms with Gasteiger partial charge in [-0.2, -0.15) is 0 Å². The van der Waals surface area contributed by atoms with Crippen LogP contribution in [0.15, 0.2) is 0 Å². The zero-order valence-electron chi connectivity index (χ0n) is 10.5. The van der Waals surface area contributed by atoms with E-state index in [1.165, 1.54) is 44.9 Å². The first kappa shape index (κ1) is 10.8. The van der Waals surface area contributed by atoms with Crippen LogP contribution in [0.4, 0.5) is 0 Å². The molecule has 0 aromatic carbocycles. The molecule has 0 spiro atoms. The van der Waals surface area contributed by atoms with Gasteiger partial charge in [-0.15, -0.1) is 0 Å². The molecule has 0 unspecified atom stereocenters. The first-order chi connectivity index (χ1) is 7.71. The van der Waals surface area contributed by atoms with Gasteiger partial charge in [0.1, 0.15) is 5.78 Å². The Morgan fingerprint density at radius 1 is 1.06 bits per heavy atom. The summed E-state index contributed by atoms with van der Waals surface area (Å²) in [6, 6.07) is 0. The number of carbonyl (C=O) groups is 1. The fourth-order valence-corrected chi connectivity index (χ4v) is 4.95. The predicted octanol–water partition coefficient (Wildman–Crippen LogP) is 3.96. The van der Waals surface area contributed by atoms with Gasteiger partial charge in [-0.25, -0.2) is 0 Å². The molecule has 0 bridgehead atoms. The van der Waals surface area contributed by atoms with Crippen LogP contribution in [0, 0.1) is 23.2 Å². The summed E-state index contributed by atoms with van der Waals surface area (Å²) in [7, 11) is 0. The summed E-state index contributed by atoms with van der Waals surface area (Å²) in [6.07, 6.45) is 11.6. The van der Waals surface area contributed by atoms with Gasteiger partial charge in [-0.05, 0) is 49.4 Å². The zero-order valence-corrected chi connectivity index (χ0v) is 10.5. The van der Waals surface area contributed by atoms with Gasteiger partial charge in [0.2, 0.25) is 0 Å². The van der Waals surface area contributed by atoms with E-state index in [2.05, 4.69) is 6.92 Å². The van der Waals surface area contributed by atoms with Crippen molar-refractivity contribution in [2.45, 2.75) is 64.7 Å². The van der Waals surface area contributed by atoms with Gasteiger partial charge in [0.15, 0.2) is 0 Å². The standard InChI is InChI=1S/C15H24O/c1-15-9-4-7-13(16)14(15)12-6-3-2-5-11(12)8-10-15/h11-12,14H,2-10H2,1H3/t11-,12-,14-,15-/m0/s1. The van der Waals surface area contributed by atoms with Crippen molar-refractivity contribution in [1.82, 2.24) is 0 Å². The predicted molar refractivity (Wildman–Crippen MR) is 65.1 cm³/mol.